The van der Waals surface area contributed by atoms with E-state index in [1.54, 1.807) is 12.1 Å². The van der Waals surface area contributed by atoms with Crippen LogP contribution in [0.1, 0.15) is 0 Å². The van der Waals surface area contributed by atoms with Gasteiger partial charge in [0.25, 0.3) is 0 Å². The van der Waals surface area contributed by atoms with Gasteiger partial charge in [-0.15, -0.1) is 0 Å². The summed E-state index contributed by atoms with van der Waals surface area (Å²) >= 11 is -2.12. The number of hydrogen-bond acceptors (Lipinski definition) is 10. The van der Waals surface area contributed by atoms with Crippen molar-refractivity contribution in [3.05, 3.63) is 18.2 Å². The van der Waals surface area contributed by atoms with Crippen LogP contribution in [0.25, 0.3) is 0 Å². The van der Waals surface area contributed by atoms with Gasteiger partial charge in [0.2, 0.25) is 0 Å². The van der Waals surface area contributed by atoms with Crippen LogP contribution in [0.3, 0.4) is 0 Å². The van der Waals surface area contributed by atoms with E-state index < -0.39 is 40.1 Å². The number of anilines is 1. The predicted molar refractivity (Wildman–Crippen MR) is 106 cm³/mol. The molecule has 0 saturated heterocycles. The van der Waals surface area contributed by atoms with Crippen LogP contribution in [0.2, 0.25) is 0 Å². The van der Waals surface area contributed by atoms with Crippen LogP contribution in [0.15, 0.2) is 18.2 Å². The van der Waals surface area contributed by atoms with E-state index in [1.165, 1.54) is 26.1 Å². The summed E-state index contributed by atoms with van der Waals surface area (Å²) in [5.74, 6) is -1.40. The molecule has 0 aliphatic heterocycles. The van der Waals surface area contributed by atoms with E-state index >= 15 is 0 Å². The van der Waals surface area contributed by atoms with E-state index in [0.717, 1.165) is 4.35 Å². The fourth-order valence-electron chi connectivity index (χ4n) is 1.64. The molecule has 0 radical (unpaired) electrons. The number of rotatable bonds is 13. The summed E-state index contributed by atoms with van der Waals surface area (Å²) in [6.45, 7) is -0.213. The molecule has 0 atom stereocenters. The Kier molecular flexibility index (Phi) is 13.9. The van der Waals surface area contributed by atoms with Gasteiger partial charge in [0.15, 0.2) is 0 Å². The van der Waals surface area contributed by atoms with Crippen LogP contribution in [-0.2, 0) is 19.7 Å². The molecule has 1 rings (SSSR count). The Morgan fingerprint density at radius 1 is 1.18 bits per heavy atom. The largest absolute Gasteiger partial charge is 1.00 e. The van der Waals surface area contributed by atoms with Crippen molar-refractivity contribution < 1.29 is 62.0 Å². The molecule has 10 nitrogen and oxygen atoms in total. The minimum Gasteiger partial charge on any atom is 1.00 e. The summed E-state index contributed by atoms with van der Waals surface area (Å²) in [7, 11) is -1.88. The molecule has 0 bridgehead atoms. The normalized spacial score (nSPS) is 11.0. The van der Waals surface area contributed by atoms with Crippen molar-refractivity contribution in [2.75, 3.05) is 35.9 Å². The Morgan fingerprint density at radius 3 is 2.21 bits per heavy atom. The fourth-order valence-corrected chi connectivity index (χ4v) is 13.2. The predicted octanol–water partition coefficient (Wildman–Crippen LogP) is -4.89. The van der Waals surface area contributed by atoms with E-state index in [0.29, 0.717) is 11.4 Å². The first-order valence-corrected chi connectivity index (χ1v) is 16.3. The van der Waals surface area contributed by atoms with Crippen molar-refractivity contribution >= 4 is 64.4 Å². The number of benzene rings is 1. The maximum absolute atomic E-state index is 11.1. The van der Waals surface area contributed by atoms with Gasteiger partial charge in [-0.2, -0.15) is 0 Å². The Morgan fingerprint density at radius 2 is 1.75 bits per heavy atom. The summed E-state index contributed by atoms with van der Waals surface area (Å²) < 4.78 is 38.7. The van der Waals surface area contributed by atoms with Gasteiger partial charge in [0, 0.05) is 0 Å². The van der Waals surface area contributed by atoms with Crippen molar-refractivity contribution in [2.24, 2.45) is 11.5 Å². The Hall–Kier alpha value is -0.112. The first kappa shape index (κ1) is 27.9. The zero-order valence-electron chi connectivity index (χ0n) is 15.0. The van der Waals surface area contributed by atoms with Crippen LogP contribution >= 0.6 is 20.0 Å². The second-order valence-electron chi connectivity index (χ2n) is 4.90. The number of carbonyl (C=O) groups excluding carboxylic acids is 2. The number of aliphatic hydroxyl groups is 1. The van der Waals surface area contributed by atoms with E-state index in [2.05, 4.69) is 5.32 Å². The van der Waals surface area contributed by atoms with Gasteiger partial charge in [-0.1, -0.05) is 0 Å². The standard InChI is InChI=1S/C13H20AsN3O7S3.Na/c15-12(19)6-25-14(26-7-13(16)20)9-3-10(17-8-27(21,22)23)5-11(4-9)24-2-1-18;/h3-5,17-18H,1-2,6-8H2,(H2,15,19)(H2,16,20)(H,21,22,23);/q;+1/p-1. The number of ether oxygens (including phenoxy) is 1. The summed E-state index contributed by atoms with van der Waals surface area (Å²) in [6.07, 6.45) is 0. The molecule has 0 saturated carbocycles. The van der Waals surface area contributed by atoms with Crippen LogP contribution in [-0.4, -0.2) is 72.8 Å². The van der Waals surface area contributed by atoms with Crippen LogP contribution in [0.4, 0.5) is 5.69 Å². The molecular formula is C13H19AsN3NaO7S3. The zero-order chi connectivity index (χ0) is 20.4. The molecule has 152 valence electrons. The van der Waals surface area contributed by atoms with Gasteiger partial charge >= 0.3 is 198 Å². The second-order valence-corrected chi connectivity index (χ2v) is 17.8. The average Bonchev–Trinajstić information content (AvgIpc) is 2.57. The molecule has 0 unspecified atom stereocenters. The summed E-state index contributed by atoms with van der Waals surface area (Å²) in [5, 5.41) is 11.4. The van der Waals surface area contributed by atoms with Gasteiger partial charge in [-0.3, -0.25) is 0 Å². The van der Waals surface area contributed by atoms with Crippen molar-refractivity contribution in [3.8, 4) is 5.75 Å². The molecule has 0 fully saturated rings. The van der Waals surface area contributed by atoms with E-state index in [1.807, 2.05) is 0 Å². The molecule has 28 heavy (non-hydrogen) atoms. The average molecular weight is 523 g/mol. The van der Waals surface area contributed by atoms with Crippen LogP contribution in [0.5, 0.6) is 5.75 Å². The number of primary amides is 2. The van der Waals surface area contributed by atoms with Gasteiger partial charge in [0.1, 0.15) is 0 Å². The minimum atomic E-state index is -4.49. The third-order valence-corrected chi connectivity index (χ3v) is 15.8. The van der Waals surface area contributed by atoms with E-state index in [-0.39, 0.29) is 54.3 Å². The molecular weight excluding hydrogens is 504 g/mol. The van der Waals surface area contributed by atoms with Crippen molar-refractivity contribution in [1.82, 2.24) is 0 Å². The van der Waals surface area contributed by atoms with Gasteiger partial charge in [0.05, 0.1) is 0 Å². The van der Waals surface area contributed by atoms with Crippen LogP contribution < -0.4 is 55.4 Å². The first-order valence-electron chi connectivity index (χ1n) is 7.29. The molecule has 0 aliphatic carbocycles. The maximum atomic E-state index is 11.1. The molecule has 1 aromatic rings. The topological polar surface area (TPSA) is 185 Å². The number of amides is 2. The molecule has 0 aromatic heterocycles. The molecule has 0 spiro atoms. The molecule has 0 heterocycles. The van der Waals surface area contributed by atoms with Crippen molar-refractivity contribution in [2.45, 2.75) is 0 Å². The zero-order valence-corrected chi connectivity index (χ0v) is 21.3. The van der Waals surface area contributed by atoms with Gasteiger partial charge < -0.3 is 0 Å². The van der Waals surface area contributed by atoms with Crippen molar-refractivity contribution in [3.63, 3.8) is 0 Å². The summed E-state index contributed by atoms with van der Waals surface area (Å²) in [5.41, 5.74) is 10.7. The first-order chi connectivity index (χ1) is 12.6. The fraction of sp³-hybridized carbons (Fsp3) is 0.385. The molecule has 0 aliphatic rings. The quantitative estimate of drug-likeness (QED) is 0.144. The SMILES string of the molecule is NC(=O)CS[As](SCC(N)=O)c1cc(NCS(=O)(=O)[O-])cc(OCCO)c1.[Na+]. The van der Waals surface area contributed by atoms with Crippen molar-refractivity contribution in [1.29, 1.82) is 0 Å². The number of nitrogens with two attached hydrogens (primary N) is 2. The van der Waals surface area contributed by atoms with Crippen LogP contribution in [0, 0.1) is 0 Å². The van der Waals surface area contributed by atoms with E-state index in [4.69, 9.17) is 21.3 Å². The Bertz CT molecular complexity index is 752. The third-order valence-electron chi connectivity index (χ3n) is 2.56. The van der Waals surface area contributed by atoms with Gasteiger partial charge in [-0.25, -0.2) is 0 Å². The monoisotopic (exact) mass is 523 g/mol. The Labute approximate surface area is 196 Å². The second kappa shape index (κ2) is 14.0. The smallest absolute Gasteiger partial charge is 1.00 e. The number of hydrogen-bond donors (Lipinski definition) is 4. The summed E-state index contributed by atoms with van der Waals surface area (Å²) in [4.78, 5) is 22.2. The Balaban J connectivity index is 0.00000729. The molecule has 15 heteroatoms. The maximum Gasteiger partial charge on any atom is 1.00 e. The molecule has 6 N–H and O–H groups in total. The number of carbonyl (C=O) groups is 2. The number of aliphatic hydroxyl groups excluding tert-OH is 1. The minimum absolute atomic E-state index is 0. The number of nitrogens with one attached hydrogen (secondary N) is 1. The molecule has 1 aromatic carbocycles. The molecule has 2 amide bonds. The third kappa shape index (κ3) is 12.5. The van der Waals surface area contributed by atoms with E-state index in [9.17, 15) is 22.6 Å². The van der Waals surface area contributed by atoms with Gasteiger partial charge in [-0.05, 0) is 0 Å². The summed E-state index contributed by atoms with van der Waals surface area (Å²) in [6, 6.07) is 4.78.